The van der Waals surface area contributed by atoms with E-state index in [1.165, 1.54) is 42.7 Å². The Bertz CT molecular complexity index is 329. The molecule has 17 heavy (non-hydrogen) atoms. The number of aryl methyl sites for hydroxylation is 1. The highest BCUT2D eigenvalue weighted by Crippen LogP contribution is 2.21. The van der Waals surface area contributed by atoms with Crippen LogP contribution in [0.5, 0.6) is 0 Å². The van der Waals surface area contributed by atoms with E-state index in [-0.39, 0.29) is 0 Å². The summed E-state index contributed by atoms with van der Waals surface area (Å²) in [5, 5.41) is 5.73. The Labute approximate surface area is 109 Å². The van der Waals surface area contributed by atoms with E-state index in [0.717, 1.165) is 19.1 Å². The Hall–Kier alpha value is -0.380. The van der Waals surface area contributed by atoms with Gasteiger partial charge in [0.15, 0.2) is 0 Å². The molecule has 1 aromatic rings. The largest absolute Gasteiger partial charge is 0.311 e. The van der Waals surface area contributed by atoms with Gasteiger partial charge in [-0.05, 0) is 43.8 Å². The smallest absolute Gasteiger partial charge is 0.0302 e. The van der Waals surface area contributed by atoms with Crippen LogP contribution in [0.3, 0.4) is 0 Å². The van der Waals surface area contributed by atoms with Crippen molar-refractivity contribution in [3.05, 3.63) is 21.9 Å². The van der Waals surface area contributed by atoms with Crippen LogP contribution in [-0.2, 0) is 6.54 Å². The van der Waals surface area contributed by atoms with Crippen LogP contribution in [0.15, 0.2) is 11.4 Å². The molecule has 96 valence electrons. The van der Waals surface area contributed by atoms with Crippen molar-refractivity contribution in [2.45, 2.75) is 45.2 Å². The fraction of sp³-hybridized carbons (Fsp3) is 0.714. The lowest BCUT2D eigenvalue weighted by Crippen LogP contribution is -2.35. The van der Waals surface area contributed by atoms with E-state index in [1.54, 1.807) is 0 Å². The molecule has 1 N–H and O–H groups in total. The van der Waals surface area contributed by atoms with E-state index in [4.69, 9.17) is 0 Å². The van der Waals surface area contributed by atoms with Crippen molar-refractivity contribution in [2.75, 3.05) is 20.1 Å². The summed E-state index contributed by atoms with van der Waals surface area (Å²) < 4.78 is 0. The molecule has 0 aliphatic heterocycles. The second kappa shape index (κ2) is 6.53. The Morgan fingerprint density at radius 1 is 1.41 bits per heavy atom. The predicted octanol–water partition coefficient (Wildman–Crippen LogP) is 3.02. The summed E-state index contributed by atoms with van der Waals surface area (Å²) in [6.45, 7) is 5.50. The highest BCUT2D eigenvalue weighted by atomic mass is 32.1. The van der Waals surface area contributed by atoms with Crippen LogP contribution in [0, 0.1) is 6.92 Å². The molecule has 1 fully saturated rings. The van der Waals surface area contributed by atoms with Gasteiger partial charge in [0.2, 0.25) is 0 Å². The molecule has 2 rings (SSSR count). The third-order valence-corrected chi connectivity index (χ3v) is 4.87. The van der Waals surface area contributed by atoms with E-state index < -0.39 is 0 Å². The second-order valence-corrected chi connectivity index (χ2v) is 6.12. The Morgan fingerprint density at radius 2 is 2.18 bits per heavy atom. The molecule has 1 aliphatic carbocycles. The van der Waals surface area contributed by atoms with Gasteiger partial charge in [-0.25, -0.2) is 0 Å². The number of hydrogen-bond acceptors (Lipinski definition) is 3. The maximum absolute atomic E-state index is 3.55. The zero-order chi connectivity index (χ0) is 12.1. The SMILES string of the molecule is Cc1ccsc1CNCCN(C)C1CCCC1. The number of nitrogens with zero attached hydrogens (tertiary/aromatic N) is 1. The van der Waals surface area contributed by atoms with E-state index in [1.807, 2.05) is 11.3 Å². The molecule has 0 radical (unpaired) electrons. The summed E-state index contributed by atoms with van der Waals surface area (Å²) >= 11 is 1.86. The topological polar surface area (TPSA) is 15.3 Å². The Morgan fingerprint density at radius 3 is 2.82 bits per heavy atom. The lowest BCUT2D eigenvalue weighted by molar-refractivity contribution is 0.245. The lowest BCUT2D eigenvalue weighted by atomic mass is 10.2. The van der Waals surface area contributed by atoms with Gasteiger partial charge in [0.25, 0.3) is 0 Å². The molecule has 1 aliphatic rings. The van der Waals surface area contributed by atoms with Crippen molar-refractivity contribution in [2.24, 2.45) is 0 Å². The van der Waals surface area contributed by atoms with Crippen LogP contribution in [0.25, 0.3) is 0 Å². The Balaban J connectivity index is 1.61. The first-order valence-electron chi connectivity index (χ1n) is 6.71. The molecule has 0 bridgehead atoms. The molecule has 0 atom stereocenters. The van der Waals surface area contributed by atoms with Crippen LogP contribution in [0.1, 0.15) is 36.1 Å². The average molecular weight is 252 g/mol. The average Bonchev–Trinajstić information content (AvgIpc) is 2.96. The predicted molar refractivity (Wildman–Crippen MR) is 75.6 cm³/mol. The molecular weight excluding hydrogens is 228 g/mol. The van der Waals surface area contributed by atoms with Gasteiger partial charge >= 0.3 is 0 Å². The van der Waals surface area contributed by atoms with Crippen molar-refractivity contribution < 1.29 is 0 Å². The minimum absolute atomic E-state index is 0.847. The molecule has 0 saturated heterocycles. The van der Waals surface area contributed by atoms with Gasteiger partial charge < -0.3 is 10.2 Å². The molecule has 2 nitrogen and oxygen atoms in total. The third-order valence-electron chi connectivity index (χ3n) is 3.84. The molecule has 0 spiro atoms. The van der Waals surface area contributed by atoms with E-state index in [2.05, 4.69) is 35.6 Å². The van der Waals surface area contributed by atoms with Crippen molar-refractivity contribution in [3.8, 4) is 0 Å². The maximum atomic E-state index is 3.55. The minimum Gasteiger partial charge on any atom is -0.311 e. The quantitative estimate of drug-likeness (QED) is 0.783. The van der Waals surface area contributed by atoms with Crippen molar-refractivity contribution >= 4 is 11.3 Å². The van der Waals surface area contributed by atoms with Gasteiger partial charge in [-0.2, -0.15) is 0 Å². The monoisotopic (exact) mass is 252 g/mol. The highest BCUT2D eigenvalue weighted by Gasteiger charge is 2.18. The van der Waals surface area contributed by atoms with Crippen LogP contribution in [0.2, 0.25) is 0 Å². The summed E-state index contributed by atoms with van der Waals surface area (Å²) in [4.78, 5) is 4.01. The zero-order valence-corrected chi connectivity index (χ0v) is 11.9. The van der Waals surface area contributed by atoms with Crippen molar-refractivity contribution in [1.29, 1.82) is 0 Å². The molecule has 1 aromatic heterocycles. The number of rotatable bonds is 6. The van der Waals surface area contributed by atoms with E-state index in [9.17, 15) is 0 Å². The standard InChI is InChI=1S/C14H24N2S/c1-12-7-10-17-14(12)11-15-8-9-16(2)13-5-3-4-6-13/h7,10,13,15H,3-6,8-9,11H2,1-2H3. The molecular formula is C14H24N2S. The fourth-order valence-electron chi connectivity index (χ4n) is 2.57. The van der Waals surface area contributed by atoms with Crippen LogP contribution in [0.4, 0.5) is 0 Å². The van der Waals surface area contributed by atoms with E-state index in [0.29, 0.717) is 0 Å². The molecule has 3 heteroatoms. The normalized spacial score (nSPS) is 17.1. The van der Waals surface area contributed by atoms with Crippen molar-refractivity contribution in [3.63, 3.8) is 0 Å². The van der Waals surface area contributed by atoms with Crippen LogP contribution >= 0.6 is 11.3 Å². The fourth-order valence-corrected chi connectivity index (χ4v) is 3.45. The summed E-state index contributed by atoms with van der Waals surface area (Å²) in [6, 6.07) is 3.05. The van der Waals surface area contributed by atoms with Crippen LogP contribution in [-0.4, -0.2) is 31.1 Å². The van der Waals surface area contributed by atoms with E-state index >= 15 is 0 Å². The number of nitrogens with one attached hydrogen (secondary N) is 1. The molecule has 1 heterocycles. The lowest BCUT2D eigenvalue weighted by Gasteiger charge is -2.23. The number of likely N-dealkylation sites (N-methyl/N-ethyl adjacent to an activating group) is 1. The van der Waals surface area contributed by atoms with Gasteiger partial charge in [-0.1, -0.05) is 12.8 Å². The zero-order valence-electron chi connectivity index (χ0n) is 11.0. The van der Waals surface area contributed by atoms with Gasteiger partial charge in [0.1, 0.15) is 0 Å². The van der Waals surface area contributed by atoms with Gasteiger partial charge in [-0.3, -0.25) is 0 Å². The van der Waals surface area contributed by atoms with Gasteiger partial charge in [0, 0.05) is 30.6 Å². The minimum atomic E-state index is 0.847. The first-order chi connectivity index (χ1) is 8.27. The Kier molecular flexibility index (Phi) is 5.01. The summed E-state index contributed by atoms with van der Waals surface area (Å²) in [5.74, 6) is 0. The number of thiophene rings is 1. The second-order valence-electron chi connectivity index (χ2n) is 5.12. The molecule has 0 amide bonds. The molecule has 1 saturated carbocycles. The third kappa shape index (κ3) is 3.80. The number of hydrogen-bond donors (Lipinski definition) is 1. The summed E-state index contributed by atoms with van der Waals surface area (Å²) in [5.41, 5.74) is 1.42. The molecule has 0 aromatic carbocycles. The van der Waals surface area contributed by atoms with Crippen LogP contribution < -0.4 is 5.32 Å². The highest BCUT2D eigenvalue weighted by molar-refractivity contribution is 7.10. The first-order valence-corrected chi connectivity index (χ1v) is 7.59. The maximum Gasteiger partial charge on any atom is 0.0302 e. The van der Waals surface area contributed by atoms with Crippen molar-refractivity contribution in [1.82, 2.24) is 10.2 Å². The van der Waals surface area contributed by atoms with Gasteiger partial charge in [-0.15, -0.1) is 11.3 Å². The summed E-state index contributed by atoms with van der Waals surface area (Å²) in [7, 11) is 2.27. The van der Waals surface area contributed by atoms with Gasteiger partial charge in [0.05, 0.1) is 0 Å². The first kappa shape index (κ1) is 13.1. The summed E-state index contributed by atoms with van der Waals surface area (Å²) in [6.07, 6.45) is 5.66. The molecule has 0 unspecified atom stereocenters.